The monoisotopic (exact) mass is 314 g/mol. The number of aromatic nitrogens is 3. The molecule has 0 aliphatic heterocycles. The van der Waals surface area contributed by atoms with Gasteiger partial charge in [-0.05, 0) is 36.0 Å². The van der Waals surface area contributed by atoms with Crippen LogP contribution in [0.1, 0.15) is 56.5 Å². The second-order valence-electron chi connectivity index (χ2n) is 7.25. The van der Waals surface area contributed by atoms with E-state index in [9.17, 15) is 0 Å². The Labute approximate surface area is 137 Å². The van der Waals surface area contributed by atoms with Gasteiger partial charge in [-0.3, -0.25) is 0 Å². The normalized spacial score (nSPS) is 15.0. The quantitative estimate of drug-likeness (QED) is 0.890. The van der Waals surface area contributed by atoms with Crippen LogP contribution in [-0.4, -0.2) is 21.6 Å². The van der Waals surface area contributed by atoms with E-state index in [1.807, 2.05) is 16.8 Å². The minimum Gasteiger partial charge on any atom is -0.492 e. The summed E-state index contributed by atoms with van der Waals surface area (Å²) >= 11 is 0. The predicted molar refractivity (Wildman–Crippen MR) is 90.5 cm³/mol. The van der Waals surface area contributed by atoms with Gasteiger partial charge in [0.2, 0.25) is 0 Å². The average molecular weight is 314 g/mol. The summed E-state index contributed by atoms with van der Waals surface area (Å²) in [7, 11) is 0. The number of nitrogens with zero attached hydrogens (tertiary/aromatic N) is 3. The number of benzene rings is 1. The SMILES string of the molecule is CC(C)(C)c1ccc(OCCn2nnc(CN)c2C2CC2)cc1. The predicted octanol–water partition coefficient (Wildman–Crippen LogP) is 2.99. The minimum absolute atomic E-state index is 0.164. The number of hydrogen-bond donors (Lipinski definition) is 1. The van der Waals surface area contributed by atoms with Crippen LogP contribution >= 0.6 is 0 Å². The van der Waals surface area contributed by atoms with Crippen molar-refractivity contribution in [3.8, 4) is 5.75 Å². The van der Waals surface area contributed by atoms with Crippen LogP contribution in [-0.2, 0) is 18.5 Å². The van der Waals surface area contributed by atoms with Gasteiger partial charge < -0.3 is 10.5 Å². The molecule has 1 saturated carbocycles. The van der Waals surface area contributed by atoms with Gasteiger partial charge >= 0.3 is 0 Å². The highest BCUT2D eigenvalue weighted by Gasteiger charge is 2.30. The second-order valence-corrected chi connectivity index (χ2v) is 7.25. The lowest BCUT2D eigenvalue weighted by molar-refractivity contribution is 0.287. The summed E-state index contributed by atoms with van der Waals surface area (Å²) in [4.78, 5) is 0. The Hall–Kier alpha value is -1.88. The highest BCUT2D eigenvalue weighted by Crippen LogP contribution is 2.41. The van der Waals surface area contributed by atoms with E-state index in [1.165, 1.54) is 24.1 Å². The zero-order valence-electron chi connectivity index (χ0n) is 14.2. The molecule has 0 radical (unpaired) electrons. The van der Waals surface area contributed by atoms with Crippen LogP contribution in [0.5, 0.6) is 5.75 Å². The molecule has 2 aromatic rings. The van der Waals surface area contributed by atoms with Crippen molar-refractivity contribution in [1.82, 2.24) is 15.0 Å². The molecule has 3 rings (SSSR count). The van der Waals surface area contributed by atoms with Gasteiger partial charge in [0.05, 0.1) is 17.9 Å². The summed E-state index contributed by atoms with van der Waals surface area (Å²) < 4.78 is 7.82. The van der Waals surface area contributed by atoms with E-state index in [0.717, 1.165) is 11.4 Å². The standard InChI is InChI=1S/C18H26N4O/c1-18(2,3)14-6-8-15(9-7-14)23-11-10-22-17(13-4-5-13)16(12-19)20-21-22/h6-9,13H,4-5,10-12,19H2,1-3H3. The first kappa shape index (κ1) is 16.0. The van der Waals surface area contributed by atoms with Gasteiger partial charge in [0.15, 0.2) is 0 Å². The van der Waals surface area contributed by atoms with Crippen molar-refractivity contribution in [2.75, 3.05) is 6.61 Å². The molecular formula is C18H26N4O. The zero-order valence-corrected chi connectivity index (χ0v) is 14.2. The lowest BCUT2D eigenvalue weighted by atomic mass is 9.87. The molecule has 1 aliphatic carbocycles. The smallest absolute Gasteiger partial charge is 0.119 e. The molecule has 23 heavy (non-hydrogen) atoms. The number of nitrogens with two attached hydrogens (primary N) is 1. The molecule has 0 unspecified atom stereocenters. The molecule has 1 aromatic heterocycles. The largest absolute Gasteiger partial charge is 0.492 e. The van der Waals surface area contributed by atoms with Gasteiger partial charge in [0.1, 0.15) is 12.4 Å². The van der Waals surface area contributed by atoms with Gasteiger partial charge in [-0.2, -0.15) is 0 Å². The van der Waals surface area contributed by atoms with Crippen molar-refractivity contribution in [3.05, 3.63) is 41.2 Å². The molecule has 5 nitrogen and oxygen atoms in total. The van der Waals surface area contributed by atoms with Gasteiger partial charge in [-0.25, -0.2) is 4.68 Å². The Morgan fingerprint density at radius 2 is 1.91 bits per heavy atom. The van der Waals surface area contributed by atoms with E-state index in [-0.39, 0.29) is 5.41 Å². The van der Waals surface area contributed by atoms with Crippen LogP contribution in [0.4, 0.5) is 0 Å². The van der Waals surface area contributed by atoms with Crippen LogP contribution < -0.4 is 10.5 Å². The van der Waals surface area contributed by atoms with Gasteiger partial charge in [0, 0.05) is 12.5 Å². The number of rotatable bonds is 6. The van der Waals surface area contributed by atoms with Crippen molar-refractivity contribution in [1.29, 1.82) is 0 Å². The van der Waals surface area contributed by atoms with Crippen molar-refractivity contribution in [2.24, 2.45) is 5.73 Å². The molecule has 1 fully saturated rings. The minimum atomic E-state index is 0.164. The number of ether oxygens (including phenoxy) is 1. The molecule has 0 spiro atoms. The Morgan fingerprint density at radius 3 is 2.48 bits per heavy atom. The average Bonchev–Trinajstić information content (AvgIpc) is 3.27. The summed E-state index contributed by atoms with van der Waals surface area (Å²) in [5, 5.41) is 8.43. The summed E-state index contributed by atoms with van der Waals surface area (Å²) in [5.74, 6) is 1.49. The van der Waals surface area contributed by atoms with E-state index in [1.54, 1.807) is 0 Å². The maximum atomic E-state index is 5.86. The summed E-state index contributed by atoms with van der Waals surface area (Å²) in [6, 6.07) is 8.34. The fourth-order valence-electron chi connectivity index (χ4n) is 2.77. The molecule has 5 heteroatoms. The lowest BCUT2D eigenvalue weighted by Crippen LogP contribution is -2.13. The number of hydrogen-bond acceptors (Lipinski definition) is 4. The first-order valence-electron chi connectivity index (χ1n) is 8.34. The van der Waals surface area contributed by atoms with E-state index in [2.05, 4.69) is 43.2 Å². The highest BCUT2D eigenvalue weighted by molar-refractivity contribution is 5.31. The molecule has 0 atom stereocenters. The fourth-order valence-corrected chi connectivity index (χ4v) is 2.77. The maximum Gasteiger partial charge on any atom is 0.119 e. The van der Waals surface area contributed by atoms with Crippen LogP contribution in [0.2, 0.25) is 0 Å². The molecule has 0 saturated heterocycles. The summed E-state index contributed by atoms with van der Waals surface area (Å²) in [6.45, 7) is 8.38. The van der Waals surface area contributed by atoms with Gasteiger partial charge in [0.25, 0.3) is 0 Å². The molecule has 1 aromatic carbocycles. The Bertz CT molecular complexity index is 651. The van der Waals surface area contributed by atoms with Crippen LogP contribution in [0.15, 0.2) is 24.3 Å². The maximum absolute atomic E-state index is 5.86. The van der Waals surface area contributed by atoms with E-state index >= 15 is 0 Å². The highest BCUT2D eigenvalue weighted by atomic mass is 16.5. The lowest BCUT2D eigenvalue weighted by Gasteiger charge is -2.19. The van der Waals surface area contributed by atoms with Crippen molar-refractivity contribution >= 4 is 0 Å². The van der Waals surface area contributed by atoms with Gasteiger partial charge in [-0.1, -0.05) is 38.1 Å². The first-order valence-corrected chi connectivity index (χ1v) is 8.34. The summed E-state index contributed by atoms with van der Waals surface area (Å²) in [6.07, 6.45) is 2.44. The van der Waals surface area contributed by atoms with Crippen LogP contribution in [0.3, 0.4) is 0 Å². The van der Waals surface area contributed by atoms with Crippen LogP contribution in [0, 0.1) is 0 Å². The van der Waals surface area contributed by atoms with E-state index in [4.69, 9.17) is 10.5 Å². The summed E-state index contributed by atoms with van der Waals surface area (Å²) in [5.41, 5.74) is 9.37. The molecular weight excluding hydrogens is 288 g/mol. The van der Waals surface area contributed by atoms with E-state index < -0.39 is 0 Å². The van der Waals surface area contributed by atoms with Crippen LogP contribution in [0.25, 0.3) is 0 Å². The molecule has 0 bridgehead atoms. The third-order valence-corrected chi connectivity index (χ3v) is 4.30. The van der Waals surface area contributed by atoms with E-state index in [0.29, 0.717) is 25.6 Å². The fraction of sp³-hybridized carbons (Fsp3) is 0.556. The van der Waals surface area contributed by atoms with Crippen molar-refractivity contribution in [3.63, 3.8) is 0 Å². The Morgan fingerprint density at radius 1 is 1.22 bits per heavy atom. The molecule has 2 N–H and O–H groups in total. The first-order chi connectivity index (χ1) is 11.0. The molecule has 1 aliphatic rings. The third-order valence-electron chi connectivity index (χ3n) is 4.30. The second kappa shape index (κ2) is 6.32. The topological polar surface area (TPSA) is 66.0 Å². The van der Waals surface area contributed by atoms with Crippen molar-refractivity contribution in [2.45, 2.75) is 58.0 Å². The molecule has 1 heterocycles. The zero-order chi connectivity index (χ0) is 16.4. The Kier molecular flexibility index (Phi) is 4.39. The Balaban J connectivity index is 1.58. The third kappa shape index (κ3) is 3.72. The molecule has 0 amide bonds. The van der Waals surface area contributed by atoms with Crippen molar-refractivity contribution < 1.29 is 4.74 Å². The van der Waals surface area contributed by atoms with Gasteiger partial charge in [-0.15, -0.1) is 5.10 Å². The molecule has 124 valence electrons.